The van der Waals surface area contributed by atoms with Crippen molar-refractivity contribution in [2.24, 2.45) is 0 Å². The number of esters is 1. The fourth-order valence-corrected chi connectivity index (χ4v) is 2.19. The highest BCUT2D eigenvalue weighted by molar-refractivity contribution is 5.93. The molecule has 0 aliphatic rings. The van der Waals surface area contributed by atoms with Gasteiger partial charge in [-0.2, -0.15) is 0 Å². The minimum absolute atomic E-state index is 0.105. The van der Waals surface area contributed by atoms with Crippen LogP contribution in [0.1, 0.15) is 52.4 Å². The quantitative estimate of drug-likeness (QED) is 0.486. The second-order valence-corrected chi connectivity index (χ2v) is 5.25. The lowest BCUT2D eigenvalue weighted by Gasteiger charge is -2.20. The number of carbonyl (C=O) groups excluding carboxylic acids is 2. The third kappa shape index (κ3) is 6.74. The Bertz CT molecular complexity index is 445. The summed E-state index contributed by atoms with van der Waals surface area (Å²) in [6, 6.07) is 9.67. The Morgan fingerprint density at radius 2 is 1.68 bits per heavy atom. The van der Waals surface area contributed by atoms with Crippen molar-refractivity contribution in [1.82, 2.24) is 0 Å². The molecule has 22 heavy (non-hydrogen) atoms. The first-order chi connectivity index (χ1) is 10.7. The molecule has 1 aromatic rings. The Morgan fingerprint density at radius 3 is 2.32 bits per heavy atom. The standard InChI is InChI=1S/C18H27NO3/c1-3-5-15-22-18(21)14-10-9-13-17(20)19(4-2)16-11-7-6-8-12-16/h6-8,11-12H,3-5,9-10,13-15H2,1-2H3. The molecule has 0 unspecified atom stereocenters. The van der Waals surface area contributed by atoms with Gasteiger partial charge in [-0.3, -0.25) is 9.59 Å². The first kappa shape index (κ1) is 18.2. The van der Waals surface area contributed by atoms with E-state index in [-0.39, 0.29) is 11.9 Å². The SMILES string of the molecule is CCCCOC(=O)CCCCC(=O)N(CC)c1ccccc1. The maximum absolute atomic E-state index is 12.2. The summed E-state index contributed by atoms with van der Waals surface area (Å²) in [7, 11) is 0. The molecule has 0 radical (unpaired) electrons. The van der Waals surface area contributed by atoms with Gasteiger partial charge in [-0.15, -0.1) is 0 Å². The Hall–Kier alpha value is -1.84. The number of carbonyl (C=O) groups is 2. The smallest absolute Gasteiger partial charge is 0.305 e. The van der Waals surface area contributed by atoms with Gasteiger partial charge in [0.05, 0.1) is 6.61 Å². The molecule has 122 valence electrons. The Kier molecular flexibility index (Phi) is 8.96. The van der Waals surface area contributed by atoms with Gasteiger partial charge in [-0.05, 0) is 38.3 Å². The van der Waals surface area contributed by atoms with E-state index in [4.69, 9.17) is 4.74 Å². The van der Waals surface area contributed by atoms with Crippen molar-refractivity contribution in [3.63, 3.8) is 0 Å². The van der Waals surface area contributed by atoms with Crippen LogP contribution in [0.4, 0.5) is 5.69 Å². The molecule has 0 atom stereocenters. The molecule has 0 saturated heterocycles. The van der Waals surface area contributed by atoms with Crippen molar-refractivity contribution in [2.75, 3.05) is 18.1 Å². The van der Waals surface area contributed by atoms with Crippen molar-refractivity contribution in [3.8, 4) is 0 Å². The van der Waals surface area contributed by atoms with Crippen LogP contribution >= 0.6 is 0 Å². The summed E-state index contributed by atoms with van der Waals surface area (Å²) in [5.74, 6) is -0.0515. The summed E-state index contributed by atoms with van der Waals surface area (Å²) in [4.78, 5) is 25.5. The van der Waals surface area contributed by atoms with E-state index in [1.807, 2.05) is 37.3 Å². The van der Waals surface area contributed by atoms with Crippen molar-refractivity contribution in [2.45, 2.75) is 52.4 Å². The molecule has 0 aliphatic heterocycles. The van der Waals surface area contributed by atoms with Crippen molar-refractivity contribution in [3.05, 3.63) is 30.3 Å². The van der Waals surface area contributed by atoms with E-state index in [2.05, 4.69) is 6.92 Å². The van der Waals surface area contributed by atoms with Crippen molar-refractivity contribution >= 4 is 17.6 Å². The number of unbranched alkanes of at least 4 members (excludes halogenated alkanes) is 2. The Morgan fingerprint density at radius 1 is 1.00 bits per heavy atom. The Balaban J connectivity index is 2.26. The average Bonchev–Trinajstić information content (AvgIpc) is 2.53. The number of nitrogens with zero attached hydrogens (tertiary/aromatic N) is 1. The molecule has 0 spiro atoms. The molecular weight excluding hydrogens is 278 g/mol. The monoisotopic (exact) mass is 305 g/mol. The highest BCUT2D eigenvalue weighted by Crippen LogP contribution is 2.15. The predicted molar refractivity (Wildman–Crippen MR) is 88.8 cm³/mol. The van der Waals surface area contributed by atoms with Crippen LogP contribution in [0, 0.1) is 0 Å². The van der Waals surface area contributed by atoms with E-state index < -0.39 is 0 Å². The highest BCUT2D eigenvalue weighted by atomic mass is 16.5. The number of benzene rings is 1. The zero-order valence-electron chi connectivity index (χ0n) is 13.7. The van der Waals surface area contributed by atoms with Gasteiger partial charge in [0.2, 0.25) is 5.91 Å². The maximum atomic E-state index is 12.2. The van der Waals surface area contributed by atoms with Gasteiger partial charge in [0.15, 0.2) is 0 Å². The third-order valence-corrected chi connectivity index (χ3v) is 3.47. The molecule has 0 aliphatic carbocycles. The summed E-state index contributed by atoms with van der Waals surface area (Å²) in [5, 5.41) is 0. The second kappa shape index (κ2) is 10.8. The third-order valence-electron chi connectivity index (χ3n) is 3.47. The van der Waals surface area contributed by atoms with Crippen LogP contribution < -0.4 is 4.90 Å². The number of ether oxygens (including phenoxy) is 1. The summed E-state index contributed by atoms with van der Waals surface area (Å²) >= 11 is 0. The summed E-state index contributed by atoms with van der Waals surface area (Å²) in [6.45, 7) is 5.19. The summed E-state index contributed by atoms with van der Waals surface area (Å²) in [6.07, 6.45) is 4.20. The van der Waals surface area contributed by atoms with Gasteiger partial charge in [0, 0.05) is 25.1 Å². The molecule has 4 heteroatoms. The van der Waals surface area contributed by atoms with Crippen LogP contribution in [0.5, 0.6) is 0 Å². The van der Waals surface area contributed by atoms with E-state index in [0.29, 0.717) is 38.8 Å². The van der Waals surface area contributed by atoms with Gasteiger partial charge in [0.25, 0.3) is 0 Å². The number of hydrogen-bond donors (Lipinski definition) is 0. The predicted octanol–water partition coefficient (Wildman–Crippen LogP) is 3.94. The number of para-hydroxylation sites is 1. The van der Waals surface area contributed by atoms with Crippen LogP contribution in [0.3, 0.4) is 0 Å². The van der Waals surface area contributed by atoms with Crippen molar-refractivity contribution < 1.29 is 14.3 Å². The fraction of sp³-hybridized carbons (Fsp3) is 0.556. The zero-order valence-corrected chi connectivity index (χ0v) is 13.7. The van der Waals surface area contributed by atoms with Gasteiger partial charge in [-0.1, -0.05) is 31.5 Å². The van der Waals surface area contributed by atoms with E-state index in [0.717, 1.165) is 18.5 Å². The molecule has 0 fully saturated rings. The van der Waals surface area contributed by atoms with Crippen LogP contribution in [-0.2, 0) is 14.3 Å². The maximum Gasteiger partial charge on any atom is 0.305 e. The molecule has 1 aromatic carbocycles. The van der Waals surface area contributed by atoms with Crippen LogP contribution in [-0.4, -0.2) is 25.0 Å². The second-order valence-electron chi connectivity index (χ2n) is 5.25. The number of amides is 1. The van der Waals surface area contributed by atoms with Gasteiger partial charge < -0.3 is 9.64 Å². The highest BCUT2D eigenvalue weighted by Gasteiger charge is 2.13. The lowest BCUT2D eigenvalue weighted by atomic mass is 10.1. The first-order valence-corrected chi connectivity index (χ1v) is 8.20. The van der Waals surface area contributed by atoms with Gasteiger partial charge in [-0.25, -0.2) is 0 Å². The van der Waals surface area contributed by atoms with Gasteiger partial charge >= 0.3 is 5.97 Å². The van der Waals surface area contributed by atoms with E-state index >= 15 is 0 Å². The molecular formula is C18H27NO3. The first-order valence-electron chi connectivity index (χ1n) is 8.20. The minimum Gasteiger partial charge on any atom is -0.466 e. The van der Waals surface area contributed by atoms with E-state index in [1.54, 1.807) is 4.90 Å². The fourth-order valence-electron chi connectivity index (χ4n) is 2.19. The largest absolute Gasteiger partial charge is 0.466 e. The molecule has 0 aromatic heterocycles. The normalized spacial score (nSPS) is 10.3. The minimum atomic E-state index is -0.156. The molecule has 1 amide bonds. The topological polar surface area (TPSA) is 46.6 Å². The summed E-state index contributed by atoms with van der Waals surface area (Å²) in [5.41, 5.74) is 0.925. The molecule has 0 saturated carbocycles. The molecule has 1 rings (SSSR count). The molecule has 0 N–H and O–H groups in total. The van der Waals surface area contributed by atoms with Gasteiger partial charge in [0.1, 0.15) is 0 Å². The molecule has 0 heterocycles. The molecule has 0 bridgehead atoms. The van der Waals surface area contributed by atoms with Crippen LogP contribution in [0.25, 0.3) is 0 Å². The molecule has 4 nitrogen and oxygen atoms in total. The van der Waals surface area contributed by atoms with Crippen molar-refractivity contribution in [1.29, 1.82) is 0 Å². The Labute approximate surface area is 133 Å². The number of rotatable bonds is 10. The average molecular weight is 305 g/mol. The number of anilines is 1. The summed E-state index contributed by atoms with van der Waals surface area (Å²) < 4.78 is 5.09. The number of hydrogen-bond acceptors (Lipinski definition) is 3. The van der Waals surface area contributed by atoms with Crippen LogP contribution in [0.15, 0.2) is 30.3 Å². The zero-order chi connectivity index (χ0) is 16.2. The lowest BCUT2D eigenvalue weighted by molar-refractivity contribution is -0.144. The lowest BCUT2D eigenvalue weighted by Crippen LogP contribution is -2.30. The van der Waals surface area contributed by atoms with Crippen LogP contribution in [0.2, 0.25) is 0 Å². The van der Waals surface area contributed by atoms with E-state index in [1.165, 1.54) is 0 Å². The van der Waals surface area contributed by atoms with E-state index in [9.17, 15) is 9.59 Å².